The van der Waals surface area contributed by atoms with Crippen molar-refractivity contribution in [2.45, 2.75) is 37.6 Å². The second-order valence-corrected chi connectivity index (χ2v) is 9.87. The van der Waals surface area contributed by atoms with Crippen molar-refractivity contribution in [3.05, 3.63) is 101 Å². The number of fused-ring (bicyclic) bond motifs is 1. The molecule has 5 rings (SSSR count). The molecule has 0 aromatic heterocycles. The van der Waals surface area contributed by atoms with E-state index >= 15 is 0 Å². The van der Waals surface area contributed by atoms with E-state index in [-0.39, 0.29) is 5.91 Å². The molecule has 1 amide bonds. The number of carbonyl (C=O) groups is 1. The van der Waals surface area contributed by atoms with Crippen molar-refractivity contribution < 1.29 is 4.79 Å². The van der Waals surface area contributed by atoms with Gasteiger partial charge in [-0.3, -0.25) is 4.79 Å². The number of amides is 1. The number of hydrogen-bond acceptors (Lipinski definition) is 3. The minimum Gasteiger partial charge on any atom is -0.303 e. The molecule has 3 aromatic rings. The third-order valence-electron chi connectivity index (χ3n) is 7.37. The van der Waals surface area contributed by atoms with Crippen LogP contribution in [0, 0.1) is 0 Å². The molecule has 1 saturated heterocycles. The van der Waals surface area contributed by atoms with Gasteiger partial charge in [0.05, 0.1) is 5.69 Å². The van der Waals surface area contributed by atoms with Crippen LogP contribution in [0.4, 0.5) is 5.69 Å². The lowest BCUT2D eigenvalue weighted by molar-refractivity contribution is -0.125. The summed E-state index contributed by atoms with van der Waals surface area (Å²) in [6.45, 7) is 3.71. The van der Waals surface area contributed by atoms with Gasteiger partial charge in [-0.15, -0.1) is 0 Å². The SMILES string of the molecule is CN(Cc1ccccc1Cl)N1C(=O)C(CCN2CCCCC2)(c2ccccc2)c2ccccc21. The number of piperidine rings is 1. The first-order valence-corrected chi connectivity index (χ1v) is 12.7. The molecule has 0 radical (unpaired) electrons. The van der Waals surface area contributed by atoms with E-state index in [0.717, 1.165) is 48.4 Å². The predicted molar refractivity (Wildman–Crippen MR) is 139 cm³/mol. The summed E-state index contributed by atoms with van der Waals surface area (Å²) in [5, 5.41) is 4.60. The van der Waals surface area contributed by atoms with Gasteiger partial charge in [-0.2, -0.15) is 0 Å². The molecular formula is C29H32ClN3O. The molecule has 0 aliphatic carbocycles. The highest BCUT2D eigenvalue weighted by Gasteiger charge is 2.53. The highest BCUT2D eigenvalue weighted by molar-refractivity contribution is 6.31. The quantitative estimate of drug-likeness (QED) is 0.427. The molecule has 4 nitrogen and oxygen atoms in total. The van der Waals surface area contributed by atoms with E-state index in [0.29, 0.717) is 11.6 Å². The van der Waals surface area contributed by atoms with Crippen LogP contribution in [-0.2, 0) is 16.8 Å². The number of halogens is 1. The maximum absolute atomic E-state index is 14.5. The summed E-state index contributed by atoms with van der Waals surface area (Å²) >= 11 is 6.46. The van der Waals surface area contributed by atoms with E-state index in [1.54, 1.807) is 0 Å². The van der Waals surface area contributed by atoms with Gasteiger partial charge in [0.1, 0.15) is 5.41 Å². The van der Waals surface area contributed by atoms with Crippen LogP contribution >= 0.6 is 11.6 Å². The Labute approximate surface area is 207 Å². The zero-order valence-corrected chi connectivity index (χ0v) is 20.5. The van der Waals surface area contributed by atoms with E-state index in [1.807, 2.05) is 65.6 Å². The first kappa shape index (κ1) is 23.1. The summed E-state index contributed by atoms with van der Waals surface area (Å²) in [6.07, 6.45) is 4.57. The fraction of sp³-hybridized carbons (Fsp3) is 0.345. The Balaban J connectivity index is 1.54. The van der Waals surface area contributed by atoms with E-state index in [1.165, 1.54) is 19.3 Å². The van der Waals surface area contributed by atoms with E-state index in [2.05, 4.69) is 35.2 Å². The molecule has 0 N–H and O–H groups in total. The highest BCUT2D eigenvalue weighted by atomic mass is 35.5. The number of benzene rings is 3. The van der Waals surface area contributed by atoms with E-state index in [4.69, 9.17) is 11.6 Å². The van der Waals surface area contributed by atoms with Crippen LogP contribution in [0.2, 0.25) is 5.02 Å². The molecule has 0 bridgehead atoms. The van der Waals surface area contributed by atoms with Gasteiger partial charge in [-0.05, 0) is 67.7 Å². The Morgan fingerprint density at radius 3 is 2.32 bits per heavy atom. The number of rotatable bonds is 7. The molecular weight excluding hydrogens is 442 g/mol. The zero-order valence-electron chi connectivity index (χ0n) is 19.8. The van der Waals surface area contributed by atoms with E-state index < -0.39 is 5.41 Å². The number of anilines is 1. The maximum Gasteiger partial charge on any atom is 0.256 e. The Morgan fingerprint density at radius 2 is 1.56 bits per heavy atom. The molecule has 1 atom stereocenters. The maximum atomic E-state index is 14.5. The van der Waals surface area contributed by atoms with Gasteiger partial charge in [0, 0.05) is 18.6 Å². The monoisotopic (exact) mass is 473 g/mol. The molecule has 0 saturated carbocycles. The number of para-hydroxylation sites is 1. The van der Waals surface area contributed by atoms with Crippen molar-refractivity contribution in [3.8, 4) is 0 Å². The topological polar surface area (TPSA) is 26.8 Å². The summed E-state index contributed by atoms with van der Waals surface area (Å²) in [4.78, 5) is 17.0. The summed E-state index contributed by atoms with van der Waals surface area (Å²) < 4.78 is 0. The molecule has 34 heavy (non-hydrogen) atoms. The summed E-state index contributed by atoms with van der Waals surface area (Å²) in [6, 6.07) is 26.5. The van der Waals surface area contributed by atoms with Gasteiger partial charge >= 0.3 is 0 Å². The zero-order chi connectivity index (χ0) is 23.5. The fourth-order valence-corrected chi connectivity index (χ4v) is 5.80. The first-order chi connectivity index (χ1) is 16.6. The van der Waals surface area contributed by atoms with Crippen LogP contribution in [0.3, 0.4) is 0 Å². The van der Waals surface area contributed by atoms with E-state index in [9.17, 15) is 4.79 Å². The molecule has 176 valence electrons. The van der Waals surface area contributed by atoms with Gasteiger partial charge in [-0.25, -0.2) is 10.0 Å². The third kappa shape index (κ3) is 4.15. The molecule has 2 aliphatic rings. The van der Waals surface area contributed by atoms with Gasteiger partial charge in [-0.1, -0.05) is 84.8 Å². The molecule has 1 unspecified atom stereocenters. The molecule has 3 aromatic carbocycles. The second-order valence-electron chi connectivity index (χ2n) is 9.46. The average Bonchev–Trinajstić information content (AvgIpc) is 3.13. The second kappa shape index (κ2) is 9.91. The first-order valence-electron chi connectivity index (χ1n) is 12.3. The standard InChI is InChI=1S/C29H32ClN3O/c1-31(22-23-12-6-8-16-26(23)30)33-27-17-9-7-15-25(27)29(28(33)34,24-13-4-2-5-14-24)18-21-32-19-10-3-11-20-32/h2,4-9,12-17H,3,10-11,18-22H2,1H3. The smallest absolute Gasteiger partial charge is 0.256 e. The van der Waals surface area contributed by atoms with Crippen molar-refractivity contribution in [1.29, 1.82) is 0 Å². The summed E-state index contributed by atoms with van der Waals surface area (Å²) in [7, 11) is 1.98. The fourth-order valence-electron chi connectivity index (χ4n) is 5.60. The third-order valence-corrected chi connectivity index (χ3v) is 7.73. The number of hydrazine groups is 1. The normalized spacial score (nSPS) is 20.7. The minimum absolute atomic E-state index is 0.117. The largest absolute Gasteiger partial charge is 0.303 e. The number of nitrogens with zero attached hydrogens (tertiary/aromatic N) is 3. The van der Waals surface area contributed by atoms with Crippen molar-refractivity contribution in [2.75, 3.05) is 31.7 Å². The highest BCUT2D eigenvalue weighted by Crippen LogP contribution is 2.49. The Morgan fingerprint density at radius 1 is 0.882 bits per heavy atom. The van der Waals surface area contributed by atoms with Crippen molar-refractivity contribution in [3.63, 3.8) is 0 Å². The predicted octanol–water partition coefficient (Wildman–Crippen LogP) is 5.90. The molecule has 5 heteroatoms. The number of likely N-dealkylation sites (tertiary alicyclic amines) is 1. The van der Waals surface area contributed by atoms with Crippen LogP contribution in [0.15, 0.2) is 78.9 Å². The van der Waals surface area contributed by atoms with Gasteiger partial charge in [0.2, 0.25) is 0 Å². The van der Waals surface area contributed by atoms with Crippen molar-refractivity contribution >= 4 is 23.2 Å². The lowest BCUT2D eigenvalue weighted by atomic mass is 9.72. The minimum atomic E-state index is -0.704. The van der Waals surface area contributed by atoms with Gasteiger partial charge in [0.25, 0.3) is 5.91 Å². The van der Waals surface area contributed by atoms with Gasteiger partial charge in [0.15, 0.2) is 0 Å². The van der Waals surface area contributed by atoms with Crippen LogP contribution in [-0.4, -0.2) is 42.5 Å². The van der Waals surface area contributed by atoms with Crippen molar-refractivity contribution in [2.24, 2.45) is 0 Å². The van der Waals surface area contributed by atoms with Crippen molar-refractivity contribution in [1.82, 2.24) is 9.91 Å². The Bertz CT molecular complexity index is 1140. The molecule has 0 spiro atoms. The van der Waals surface area contributed by atoms with Crippen LogP contribution < -0.4 is 5.01 Å². The number of carbonyl (C=O) groups excluding carboxylic acids is 1. The lowest BCUT2D eigenvalue weighted by Gasteiger charge is -2.35. The Hall–Kier alpha value is -2.66. The summed E-state index contributed by atoms with van der Waals surface area (Å²) in [5.74, 6) is 0.117. The molecule has 1 fully saturated rings. The average molecular weight is 474 g/mol. The molecule has 2 aliphatic heterocycles. The van der Waals surface area contributed by atoms with Crippen LogP contribution in [0.25, 0.3) is 0 Å². The van der Waals surface area contributed by atoms with Crippen LogP contribution in [0.1, 0.15) is 42.4 Å². The summed E-state index contributed by atoms with van der Waals surface area (Å²) in [5.41, 5.74) is 3.42. The van der Waals surface area contributed by atoms with Crippen LogP contribution in [0.5, 0.6) is 0 Å². The van der Waals surface area contributed by atoms with Gasteiger partial charge < -0.3 is 4.90 Å². The number of hydrogen-bond donors (Lipinski definition) is 0. The Kier molecular flexibility index (Phi) is 6.73. The molecule has 2 heterocycles. The lowest BCUT2D eigenvalue weighted by Crippen LogP contribution is -2.49.